The fourth-order valence-electron chi connectivity index (χ4n) is 2.46. The Morgan fingerprint density at radius 3 is 2.77 bits per heavy atom. The third-order valence-corrected chi connectivity index (χ3v) is 3.58. The average Bonchev–Trinajstić information content (AvgIpc) is 2.87. The van der Waals surface area contributed by atoms with E-state index < -0.39 is 0 Å². The zero-order chi connectivity index (χ0) is 15.7. The van der Waals surface area contributed by atoms with Gasteiger partial charge < -0.3 is 10.1 Å². The number of aryl methyl sites for hydroxylation is 2. The lowest BCUT2D eigenvalue weighted by Crippen LogP contribution is -2.14. The first-order chi connectivity index (χ1) is 10.6. The number of ether oxygens (including phenoxy) is 1. The van der Waals surface area contributed by atoms with Crippen molar-refractivity contribution in [1.29, 1.82) is 0 Å². The summed E-state index contributed by atoms with van der Waals surface area (Å²) in [6, 6.07) is 13.3. The van der Waals surface area contributed by atoms with Crippen LogP contribution in [0.4, 0.5) is 5.69 Å². The van der Waals surface area contributed by atoms with E-state index in [4.69, 9.17) is 4.74 Å². The van der Waals surface area contributed by atoms with Crippen LogP contribution in [0.1, 0.15) is 16.1 Å². The van der Waals surface area contributed by atoms with Crippen LogP contribution >= 0.6 is 0 Å². The van der Waals surface area contributed by atoms with E-state index in [0.29, 0.717) is 17.1 Å². The number of aromatic nitrogens is 2. The van der Waals surface area contributed by atoms with Crippen molar-refractivity contribution in [3.05, 3.63) is 53.7 Å². The number of hydrogen-bond acceptors (Lipinski definition) is 3. The number of carbonyl (C=O) groups is 1. The fourth-order valence-corrected chi connectivity index (χ4v) is 2.46. The molecule has 0 bridgehead atoms. The summed E-state index contributed by atoms with van der Waals surface area (Å²) in [7, 11) is 3.41. The Morgan fingerprint density at radius 2 is 2.00 bits per heavy atom. The highest BCUT2D eigenvalue weighted by atomic mass is 16.5. The largest absolute Gasteiger partial charge is 0.495 e. The highest BCUT2D eigenvalue weighted by molar-refractivity contribution is 6.11. The molecule has 0 unspecified atom stereocenters. The van der Waals surface area contributed by atoms with E-state index in [1.165, 1.54) is 0 Å². The molecule has 0 saturated heterocycles. The number of methoxy groups -OCH3 is 1. The fraction of sp³-hybridized carbons (Fsp3) is 0.176. The van der Waals surface area contributed by atoms with Crippen LogP contribution in [0.2, 0.25) is 0 Å². The molecular formula is C17H17N3O2. The van der Waals surface area contributed by atoms with Gasteiger partial charge in [-0.15, -0.1) is 0 Å². The zero-order valence-electron chi connectivity index (χ0n) is 12.8. The first-order valence-electron chi connectivity index (χ1n) is 6.98. The van der Waals surface area contributed by atoms with E-state index in [2.05, 4.69) is 10.4 Å². The minimum atomic E-state index is -0.251. The number of nitrogens with zero attached hydrogens (tertiary/aromatic N) is 2. The third kappa shape index (κ3) is 2.41. The van der Waals surface area contributed by atoms with Gasteiger partial charge in [0.05, 0.1) is 18.3 Å². The number of rotatable bonds is 3. The predicted molar refractivity (Wildman–Crippen MR) is 86.4 cm³/mol. The summed E-state index contributed by atoms with van der Waals surface area (Å²) < 4.78 is 7.02. The lowest BCUT2D eigenvalue weighted by Gasteiger charge is -2.10. The molecule has 22 heavy (non-hydrogen) atoms. The van der Waals surface area contributed by atoms with Crippen LogP contribution in [-0.2, 0) is 7.05 Å². The molecule has 3 aromatic rings. The highest BCUT2D eigenvalue weighted by Gasteiger charge is 2.17. The summed E-state index contributed by atoms with van der Waals surface area (Å²) >= 11 is 0. The minimum Gasteiger partial charge on any atom is -0.495 e. The first-order valence-corrected chi connectivity index (χ1v) is 6.98. The van der Waals surface area contributed by atoms with Crippen molar-refractivity contribution in [1.82, 2.24) is 9.78 Å². The van der Waals surface area contributed by atoms with Crippen LogP contribution in [0, 0.1) is 6.92 Å². The number of anilines is 1. The van der Waals surface area contributed by atoms with Gasteiger partial charge in [-0.3, -0.25) is 9.48 Å². The van der Waals surface area contributed by atoms with Crippen LogP contribution in [0.15, 0.2) is 42.5 Å². The summed E-state index contributed by atoms with van der Waals surface area (Å²) in [6.45, 7) is 1.97. The van der Waals surface area contributed by atoms with E-state index in [-0.39, 0.29) is 5.91 Å². The maximum Gasteiger partial charge on any atom is 0.276 e. The van der Waals surface area contributed by atoms with E-state index in [1.54, 1.807) is 11.8 Å². The molecule has 1 amide bonds. The topological polar surface area (TPSA) is 56.1 Å². The molecule has 5 nitrogen and oxygen atoms in total. The Hall–Kier alpha value is -2.82. The van der Waals surface area contributed by atoms with E-state index >= 15 is 0 Å². The molecule has 0 radical (unpaired) electrons. The maximum absolute atomic E-state index is 12.6. The third-order valence-electron chi connectivity index (χ3n) is 3.58. The van der Waals surface area contributed by atoms with Crippen LogP contribution in [0.5, 0.6) is 5.75 Å². The molecule has 0 spiro atoms. The number of amides is 1. The summed E-state index contributed by atoms with van der Waals surface area (Å²) in [5.41, 5.74) is 3.02. The van der Waals surface area contributed by atoms with Gasteiger partial charge in [-0.05, 0) is 30.7 Å². The van der Waals surface area contributed by atoms with E-state index in [9.17, 15) is 4.79 Å². The Labute approximate surface area is 128 Å². The van der Waals surface area contributed by atoms with Gasteiger partial charge in [-0.1, -0.05) is 24.3 Å². The molecule has 1 heterocycles. The molecule has 0 fully saturated rings. The van der Waals surface area contributed by atoms with Crippen LogP contribution in [-0.4, -0.2) is 22.8 Å². The molecule has 0 saturated carbocycles. The molecule has 0 atom stereocenters. The van der Waals surface area contributed by atoms with Crippen molar-refractivity contribution in [2.24, 2.45) is 7.05 Å². The molecule has 3 rings (SSSR count). The molecule has 0 aliphatic carbocycles. The smallest absolute Gasteiger partial charge is 0.276 e. The number of fused-ring (bicyclic) bond motifs is 1. The number of para-hydroxylation sites is 1. The van der Waals surface area contributed by atoms with Crippen LogP contribution < -0.4 is 10.1 Å². The summed E-state index contributed by atoms with van der Waals surface area (Å²) in [4.78, 5) is 12.6. The van der Waals surface area contributed by atoms with Crippen molar-refractivity contribution in [3.8, 4) is 5.75 Å². The normalized spacial score (nSPS) is 10.7. The maximum atomic E-state index is 12.6. The van der Waals surface area contributed by atoms with E-state index in [1.807, 2.05) is 56.4 Å². The Kier molecular flexibility index (Phi) is 3.55. The van der Waals surface area contributed by atoms with Gasteiger partial charge in [0.25, 0.3) is 5.91 Å². The average molecular weight is 295 g/mol. The lowest BCUT2D eigenvalue weighted by atomic mass is 10.2. The number of benzene rings is 2. The molecule has 5 heteroatoms. The number of carbonyl (C=O) groups excluding carboxylic acids is 1. The zero-order valence-corrected chi connectivity index (χ0v) is 12.8. The molecule has 1 aromatic heterocycles. The summed E-state index contributed by atoms with van der Waals surface area (Å²) in [5.74, 6) is 0.382. The lowest BCUT2D eigenvalue weighted by molar-refractivity contribution is 0.102. The van der Waals surface area contributed by atoms with Crippen molar-refractivity contribution in [2.45, 2.75) is 6.92 Å². The van der Waals surface area contributed by atoms with Gasteiger partial charge in [0.2, 0.25) is 0 Å². The monoisotopic (exact) mass is 295 g/mol. The van der Waals surface area contributed by atoms with Gasteiger partial charge in [-0.2, -0.15) is 5.10 Å². The second-order valence-electron chi connectivity index (χ2n) is 5.15. The van der Waals surface area contributed by atoms with Crippen LogP contribution in [0.3, 0.4) is 0 Å². The van der Waals surface area contributed by atoms with Gasteiger partial charge in [0.1, 0.15) is 5.75 Å². The van der Waals surface area contributed by atoms with Crippen molar-refractivity contribution < 1.29 is 9.53 Å². The van der Waals surface area contributed by atoms with Crippen molar-refractivity contribution >= 4 is 22.5 Å². The quantitative estimate of drug-likeness (QED) is 0.807. The first kappa shape index (κ1) is 14.1. The Bertz CT molecular complexity index is 852. The second kappa shape index (κ2) is 5.52. The second-order valence-corrected chi connectivity index (χ2v) is 5.15. The number of nitrogens with one attached hydrogen (secondary N) is 1. The van der Waals surface area contributed by atoms with Gasteiger partial charge >= 0.3 is 0 Å². The Balaban J connectivity index is 1.97. The Morgan fingerprint density at radius 1 is 1.23 bits per heavy atom. The van der Waals surface area contributed by atoms with E-state index in [0.717, 1.165) is 16.5 Å². The highest BCUT2D eigenvalue weighted by Crippen LogP contribution is 2.26. The predicted octanol–water partition coefficient (Wildman–Crippen LogP) is 3.14. The summed E-state index contributed by atoms with van der Waals surface area (Å²) in [6.07, 6.45) is 0. The standard InChI is InChI=1S/C17H17N3O2/c1-11-8-9-13(15(10-11)22-3)18-17(21)16-12-6-4-5-7-14(12)20(2)19-16/h4-10H,1-3H3,(H,18,21). The van der Waals surface area contributed by atoms with Crippen molar-refractivity contribution in [3.63, 3.8) is 0 Å². The molecule has 0 aliphatic rings. The number of hydrogen-bond donors (Lipinski definition) is 1. The summed E-state index contributed by atoms with van der Waals surface area (Å²) in [5, 5.41) is 8.02. The van der Waals surface area contributed by atoms with Crippen LogP contribution in [0.25, 0.3) is 10.9 Å². The molecular weight excluding hydrogens is 278 g/mol. The molecule has 1 N–H and O–H groups in total. The molecule has 2 aromatic carbocycles. The molecule has 0 aliphatic heterocycles. The SMILES string of the molecule is COc1cc(C)ccc1NC(=O)c1nn(C)c2ccccc12. The van der Waals surface area contributed by atoms with Gasteiger partial charge in [0, 0.05) is 12.4 Å². The molecule has 112 valence electrons. The van der Waals surface area contributed by atoms with Crippen molar-refractivity contribution in [2.75, 3.05) is 12.4 Å². The van der Waals surface area contributed by atoms with Gasteiger partial charge in [0.15, 0.2) is 5.69 Å². The minimum absolute atomic E-state index is 0.251. The van der Waals surface area contributed by atoms with Gasteiger partial charge in [-0.25, -0.2) is 0 Å².